The number of likely N-dealkylation sites (tertiary alicyclic amines) is 1. The zero-order valence-corrected chi connectivity index (χ0v) is 10.8. The van der Waals surface area contributed by atoms with E-state index < -0.39 is 0 Å². The lowest BCUT2D eigenvalue weighted by atomic mass is 10.2. The Labute approximate surface area is 112 Å². The summed E-state index contributed by atoms with van der Waals surface area (Å²) >= 11 is 0. The van der Waals surface area contributed by atoms with Crippen molar-refractivity contribution in [2.45, 2.75) is 31.7 Å². The number of hydrogen-bond donors (Lipinski definition) is 1. The first kappa shape index (κ1) is 12.1. The Balaban J connectivity index is 1.74. The van der Waals surface area contributed by atoms with Crippen molar-refractivity contribution in [2.24, 2.45) is 0 Å². The van der Waals surface area contributed by atoms with Crippen molar-refractivity contribution < 1.29 is 9.59 Å². The second-order valence-electron chi connectivity index (χ2n) is 5.16. The summed E-state index contributed by atoms with van der Waals surface area (Å²) < 4.78 is 0. The van der Waals surface area contributed by atoms with Gasteiger partial charge in [0, 0.05) is 19.1 Å². The smallest absolute Gasteiger partial charge is 0.272 e. The van der Waals surface area contributed by atoms with Gasteiger partial charge in [0.05, 0.1) is 0 Å². The molecule has 0 bridgehead atoms. The van der Waals surface area contributed by atoms with E-state index in [0.717, 1.165) is 38.8 Å². The number of hydrogen-bond acceptors (Lipinski definition) is 3. The van der Waals surface area contributed by atoms with Gasteiger partial charge in [-0.3, -0.25) is 9.59 Å². The van der Waals surface area contributed by atoms with E-state index in [-0.39, 0.29) is 11.8 Å². The van der Waals surface area contributed by atoms with Gasteiger partial charge in [-0.25, -0.2) is 4.98 Å². The number of nitrogens with one attached hydrogen (secondary N) is 1. The van der Waals surface area contributed by atoms with Crippen LogP contribution < -0.4 is 5.32 Å². The topological polar surface area (TPSA) is 62.3 Å². The van der Waals surface area contributed by atoms with E-state index in [1.54, 1.807) is 23.1 Å². The van der Waals surface area contributed by atoms with Crippen LogP contribution in [0.15, 0.2) is 18.2 Å². The SMILES string of the molecule is O=C(NC1CC1)c1cccc(C(=O)N2CCCC2)n1. The van der Waals surface area contributed by atoms with E-state index in [0.29, 0.717) is 17.4 Å². The highest BCUT2D eigenvalue weighted by Gasteiger charge is 2.25. The number of amides is 2. The molecule has 1 saturated heterocycles. The van der Waals surface area contributed by atoms with Gasteiger partial charge < -0.3 is 10.2 Å². The molecular formula is C14H17N3O2. The Kier molecular flexibility index (Phi) is 3.19. The van der Waals surface area contributed by atoms with Gasteiger partial charge in [-0.2, -0.15) is 0 Å². The molecular weight excluding hydrogens is 242 g/mol. The fraction of sp³-hybridized carbons (Fsp3) is 0.500. The number of pyridine rings is 1. The summed E-state index contributed by atoms with van der Waals surface area (Å²) in [7, 11) is 0. The predicted molar refractivity (Wildman–Crippen MR) is 69.9 cm³/mol. The van der Waals surface area contributed by atoms with E-state index >= 15 is 0 Å². The highest BCUT2D eigenvalue weighted by Crippen LogP contribution is 2.19. The molecule has 2 aliphatic rings. The van der Waals surface area contributed by atoms with Crippen LogP contribution in [-0.2, 0) is 0 Å². The molecule has 1 aromatic heterocycles. The first-order valence-corrected chi connectivity index (χ1v) is 6.81. The van der Waals surface area contributed by atoms with Crippen molar-refractivity contribution >= 4 is 11.8 Å². The molecule has 100 valence electrons. The molecule has 1 aliphatic heterocycles. The van der Waals surface area contributed by atoms with Gasteiger partial charge in [0.15, 0.2) is 0 Å². The summed E-state index contributed by atoms with van der Waals surface area (Å²) in [5.74, 6) is -0.253. The Hall–Kier alpha value is -1.91. The third-order valence-electron chi connectivity index (χ3n) is 3.51. The van der Waals surface area contributed by atoms with Crippen molar-refractivity contribution in [1.29, 1.82) is 0 Å². The van der Waals surface area contributed by atoms with Gasteiger partial charge in [-0.15, -0.1) is 0 Å². The Morgan fingerprint density at radius 1 is 1.16 bits per heavy atom. The summed E-state index contributed by atoms with van der Waals surface area (Å²) in [5.41, 5.74) is 0.697. The highest BCUT2D eigenvalue weighted by atomic mass is 16.2. The van der Waals surface area contributed by atoms with Crippen molar-refractivity contribution in [2.75, 3.05) is 13.1 Å². The minimum absolute atomic E-state index is 0.0708. The maximum atomic E-state index is 12.2. The molecule has 0 spiro atoms. The van der Waals surface area contributed by atoms with E-state index in [9.17, 15) is 9.59 Å². The van der Waals surface area contributed by atoms with Crippen LogP contribution in [0.3, 0.4) is 0 Å². The fourth-order valence-electron chi connectivity index (χ4n) is 2.25. The molecule has 2 amide bonds. The van der Waals surface area contributed by atoms with Crippen molar-refractivity contribution in [3.63, 3.8) is 0 Å². The monoisotopic (exact) mass is 259 g/mol. The van der Waals surface area contributed by atoms with Crippen LogP contribution in [0.25, 0.3) is 0 Å². The average Bonchev–Trinajstić information content (AvgIpc) is 3.08. The van der Waals surface area contributed by atoms with Gasteiger partial charge in [0.1, 0.15) is 11.4 Å². The van der Waals surface area contributed by atoms with Crippen LogP contribution in [0, 0.1) is 0 Å². The molecule has 1 aliphatic carbocycles. The Morgan fingerprint density at radius 2 is 1.84 bits per heavy atom. The molecule has 1 saturated carbocycles. The van der Waals surface area contributed by atoms with Crippen molar-refractivity contribution in [3.05, 3.63) is 29.6 Å². The molecule has 2 heterocycles. The third kappa shape index (κ3) is 2.75. The summed E-state index contributed by atoms with van der Waals surface area (Å²) in [5, 5.41) is 2.88. The number of rotatable bonds is 3. The molecule has 5 nitrogen and oxygen atoms in total. The summed E-state index contributed by atoms with van der Waals surface area (Å²) in [6.07, 6.45) is 4.18. The molecule has 0 unspecified atom stereocenters. The molecule has 1 N–H and O–H groups in total. The molecule has 2 fully saturated rings. The quantitative estimate of drug-likeness (QED) is 0.887. The molecule has 0 aromatic carbocycles. The lowest BCUT2D eigenvalue weighted by molar-refractivity contribution is 0.0787. The second-order valence-corrected chi connectivity index (χ2v) is 5.16. The molecule has 19 heavy (non-hydrogen) atoms. The van der Waals surface area contributed by atoms with Crippen LogP contribution in [0.4, 0.5) is 0 Å². The van der Waals surface area contributed by atoms with E-state index in [1.807, 2.05) is 0 Å². The van der Waals surface area contributed by atoms with Crippen molar-refractivity contribution in [1.82, 2.24) is 15.2 Å². The Morgan fingerprint density at radius 3 is 2.53 bits per heavy atom. The van der Waals surface area contributed by atoms with Gasteiger partial charge in [0.2, 0.25) is 0 Å². The van der Waals surface area contributed by atoms with Crippen LogP contribution in [-0.4, -0.2) is 40.8 Å². The van der Waals surface area contributed by atoms with Gasteiger partial charge >= 0.3 is 0 Å². The lowest BCUT2D eigenvalue weighted by Gasteiger charge is -2.14. The highest BCUT2D eigenvalue weighted by molar-refractivity contribution is 5.96. The first-order valence-electron chi connectivity index (χ1n) is 6.81. The maximum Gasteiger partial charge on any atom is 0.272 e. The zero-order valence-electron chi connectivity index (χ0n) is 10.8. The maximum absolute atomic E-state index is 12.2. The normalized spacial score (nSPS) is 18.4. The molecule has 1 aromatic rings. The standard InChI is InChI=1S/C14H17N3O2/c18-13(15-10-6-7-10)11-4-3-5-12(16-11)14(19)17-8-1-2-9-17/h3-5,10H,1-2,6-9H2,(H,15,18). The van der Waals surface area contributed by atoms with Gasteiger partial charge in [-0.1, -0.05) is 6.07 Å². The van der Waals surface area contributed by atoms with Crippen LogP contribution in [0.2, 0.25) is 0 Å². The fourth-order valence-corrected chi connectivity index (χ4v) is 2.25. The molecule has 0 radical (unpaired) electrons. The molecule has 0 atom stereocenters. The first-order chi connectivity index (χ1) is 9.24. The summed E-state index contributed by atoms with van der Waals surface area (Å²) in [6.45, 7) is 1.58. The molecule has 5 heteroatoms. The second kappa shape index (κ2) is 4.99. The summed E-state index contributed by atoms with van der Waals surface area (Å²) in [6, 6.07) is 5.35. The summed E-state index contributed by atoms with van der Waals surface area (Å²) in [4.78, 5) is 30.1. The predicted octanol–water partition coefficient (Wildman–Crippen LogP) is 1.21. The number of carbonyl (C=O) groups is 2. The van der Waals surface area contributed by atoms with Crippen LogP contribution in [0.5, 0.6) is 0 Å². The number of aromatic nitrogens is 1. The van der Waals surface area contributed by atoms with E-state index in [1.165, 1.54) is 0 Å². The van der Waals surface area contributed by atoms with Crippen LogP contribution in [0.1, 0.15) is 46.7 Å². The van der Waals surface area contributed by atoms with Gasteiger partial charge in [-0.05, 0) is 37.8 Å². The van der Waals surface area contributed by atoms with Crippen molar-refractivity contribution in [3.8, 4) is 0 Å². The van der Waals surface area contributed by atoms with Gasteiger partial charge in [0.25, 0.3) is 11.8 Å². The lowest BCUT2D eigenvalue weighted by Crippen LogP contribution is -2.30. The average molecular weight is 259 g/mol. The molecule has 3 rings (SSSR count). The van der Waals surface area contributed by atoms with Crippen LogP contribution >= 0.6 is 0 Å². The number of nitrogens with zero attached hydrogens (tertiary/aromatic N) is 2. The largest absolute Gasteiger partial charge is 0.348 e. The minimum Gasteiger partial charge on any atom is -0.348 e. The third-order valence-corrected chi connectivity index (χ3v) is 3.51. The Bertz CT molecular complexity index is 505. The van der Waals surface area contributed by atoms with E-state index in [4.69, 9.17) is 0 Å². The van der Waals surface area contributed by atoms with E-state index in [2.05, 4.69) is 10.3 Å². The number of carbonyl (C=O) groups excluding carboxylic acids is 2. The zero-order chi connectivity index (χ0) is 13.2. The minimum atomic E-state index is -0.182.